The van der Waals surface area contributed by atoms with Crippen LogP contribution in [-0.2, 0) is 11.3 Å². The molecule has 0 aliphatic carbocycles. The zero-order chi connectivity index (χ0) is 24.3. The first-order valence-corrected chi connectivity index (χ1v) is 10.1. The molecule has 0 aromatic heterocycles. The van der Waals surface area contributed by atoms with E-state index in [-0.39, 0.29) is 27.2 Å². The van der Waals surface area contributed by atoms with E-state index in [1.807, 2.05) is 0 Å². The summed E-state index contributed by atoms with van der Waals surface area (Å²) in [6, 6.07) is 8.18. The molecule has 0 radical (unpaired) electrons. The van der Waals surface area contributed by atoms with Gasteiger partial charge in [0.15, 0.2) is 0 Å². The van der Waals surface area contributed by atoms with Crippen LogP contribution in [0.25, 0.3) is 6.08 Å². The molecule has 2 rings (SSSR count). The second kappa shape index (κ2) is 10.4. The number of carbonyl (C=O) groups is 1. The first-order valence-electron chi connectivity index (χ1n) is 8.96. The smallest absolute Gasteiger partial charge is 0.341 e. The van der Waals surface area contributed by atoms with E-state index in [2.05, 4.69) is 0 Å². The lowest BCUT2D eigenvalue weighted by molar-refractivity contribution is -0.160. The van der Waals surface area contributed by atoms with E-state index in [1.165, 1.54) is 37.4 Å². The van der Waals surface area contributed by atoms with E-state index in [4.69, 9.17) is 34.8 Å². The Kier molecular flexibility index (Phi) is 8.53. The Morgan fingerprint density at radius 2 is 1.53 bits per heavy atom. The Morgan fingerprint density at radius 1 is 1.00 bits per heavy atom. The average Bonchev–Trinajstić information content (AvgIpc) is 2.65. The number of nitrogens with zero attached hydrogens (tertiary/aromatic N) is 1. The van der Waals surface area contributed by atoms with E-state index < -0.39 is 30.6 Å². The zero-order valence-corrected chi connectivity index (χ0v) is 18.6. The minimum absolute atomic E-state index is 0.0451. The lowest BCUT2D eigenvalue weighted by Crippen LogP contribution is -2.30. The van der Waals surface area contributed by atoms with Crippen molar-refractivity contribution in [3.63, 3.8) is 0 Å². The van der Waals surface area contributed by atoms with Gasteiger partial charge in [0.1, 0.15) is 6.42 Å². The van der Waals surface area contributed by atoms with Gasteiger partial charge in [0.2, 0.25) is 5.91 Å². The van der Waals surface area contributed by atoms with Crippen molar-refractivity contribution in [3.05, 3.63) is 74.2 Å². The monoisotopic (exact) mass is 517 g/mol. The van der Waals surface area contributed by atoms with Crippen LogP contribution < -0.4 is 0 Å². The lowest BCUT2D eigenvalue weighted by Gasteiger charge is -2.19. The molecule has 0 saturated heterocycles. The van der Waals surface area contributed by atoms with Crippen molar-refractivity contribution in [2.24, 2.45) is 0 Å². The van der Waals surface area contributed by atoms with Gasteiger partial charge >= 0.3 is 12.4 Å². The van der Waals surface area contributed by atoms with Crippen LogP contribution in [0.4, 0.5) is 26.3 Å². The van der Waals surface area contributed by atoms with Crippen LogP contribution in [-0.4, -0.2) is 30.2 Å². The molecular weight excluding hydrogens is 503 g/mol. The molecule has 0 heterocycles. The summed E-state index contributed by atoms with van der Waals surface area (Å²) in [5.41, 5.74) is 0.747. The highest BCUT2D eigenvalue weighted by Gasteiger charge is 2.39. The number of benzene rings is 2. The third kappa shape index (κ3) is 7.60. The van der Waals surface area contributed by atoms with Crippen molar-refractivity contribution >= 4 is 46.8 Å². The van der Waals surface area contributed by atoms with E-state index in [0.29, 0.717) is 11.1 Å². The maximum atomic E-state index is 13.6. The van der Waals surface area contributed by atoms with Crippen molar-refractivity contribution in [1.82, 2.24) is 4.90 Å². The first-order chi connectivity index (χ1) is 14.7. The fourth-order valence-corrected chi connectivity index (χ4v) is 3.39. The van der Waals surface area contributed by atoms with Gasteiger partial charge in [0.05, 0.1) is 21.0 Å². The molecule has 0 bridgehead atoms. The molecule has 1 amide bonds. The zero-order valence-electron chi connectivity index (χ0n) is 16.4. The summed E-state index contributed by atoms with van der Waals surface area (Å²) < 4.78 is 77.7. The first kappa shape index (κ1) is 26.4. The number of carbonyl (C=O) groups excluding carboxylic acids is 1. The summed E-state index contributed by atoms with van der Waals surface area (Å²) in [6.45, 7) is -0.0775. The van der Waals surface area contributed by atoms with Crippen LogP contribution in [0.1, 0.15) is 29.0 Å². The van der Waals surface area contributed by atoms with Crippen molar-refractivity contribution in [2.75, 3.05) is 7.05 Å². The topological polar surface area (TPSA) is 20.3 Å². The lowest BCUT2D eigenvalue weighted by atomic mass is 9.97. The quantitative estimate of drug-likeness (QED) is 0.281. The molecule has 0 N–H and O–H groups in total. The maximum absolute atomic E-state index is 13.6. The highest BCUT2D eigenvalue weighted by molar-refractivity contribution is 6.48. The van der Waals surface area contributed by atoms with E-state index in [1.54, 1.807) is 0 Å². The Morgan fingerprint density at radius 3 is 2.00 bits per heavy atom. The maximum Gasteiger partial charge on any atom is 0.399 e. The Hall–Kier alpha value is -1.90. The minimum Gasteiger partial charge on any atom is -0.341 e. The standard InChI is InChI=1S/C21H16Cl3F6NO/c1-31(18(32)10-20(25,26)27)11-13-4-2-12(3-5-13)6-7-15(21(28,29)30)14-8-16(22)19(24)17(23)9-14/h2-9,15H,10-11H2,1H3. The Labute approximate surface area is 195 Å². The van der Waals surface area contributed by atoms with Crippen LogP contribution in [0.3, 0.4) is 0 Å². The molecule has 0 saturated carbocycles. The molecule has 2 nitrogen and oxygen atoms in total. The highest BCUT2D eigenvalue weighted by atomic mass is 35.5. The van der Waals surface area contributed by atoms with Crippen molar-refractivity contribution in [2.45, 2.75) is 31.2 Å². The van der Waals surface area contributed by atoms with Gasteiger partial charge in [0.25, 0.3) is 0 Å². The summed E-state index contributed by atoms with van der Waals surface area (Å²) in [6.07, 6.45) is -8.62. The summed E-state index contributed by atoms with van der Waals surface area (Å²) in [5.74, 6) is -3.09. The van der Waals surface area contributed by atoms with Gasteiger partial charge in [-0.1, -0.05) is 71.2 Å². The summed E-state index contributed by atoms with van der Waals surface area (Å²) in [4.78, 5) is 12.5. The number of halogens is 9. The fourth-order valence-electron chi connectivity index (χ4n) is 2.77. The van der Waals surface area contributed by atoms with Crippen LogP contribution in [0, 0.1) is 0 Å². The molecule has 2 aromatic carbocycles. The molecule has 174 valence electrons. The Bertz CT molecular complexity index is 964. The third-order valence-corrected chi connectivity index (χ3v) is 5.57. The molecule has 32 heavy (non-hydrogen) atoms. The SMILES string of the molecule is CN(Cc1ccc(C=CC(c2cc(Cl)c(Cl)c(Cl)c2)C(F)(F)F)cc1)C(=O)CC(F)(F)F. The molecule has 0 fully saturated rings. The van der Waals surface area contributed by atoms with Gasteiger partial charge in [-0.25, -0.2) is 0 Å². The predicted molar refractivity (Wildman–Crippen MR) is 113 cm³/mol. The minimum atomic E-state index is -4.63. The van der Waals surface area contributed by atoms with Crippen molar-refractivity contribution < 1.29 is 31.1 Å². The van der Waals surface area contributed by atoms with Gasteiger partial charge in [-0.3, -0.25) is 4.79 Å². The van der Waals surface area contributed by atoms with Crippen molar-refractivity contribution in [1.29, 1.82) is 0 Å². The van der Waals surface area contributed by atoms with Gasteiger partial charge in [-0.05, 0) is 28.8 Å². The van der Waals surface area contributed by atoms with E-state index in [9.17, 15) is 31.1 Å². The molecular formula is C21H16Cl3F6NO. The number of amides is 1. The summed E-state index contributed by atoms with van der Waals surface area (Å²) >= 11 is 17.5. The average molecular weight is 519 g/mol. The Balaban J connectivity index is 2.16. The molecule has 0 aliphatic rings. The van der Waals surface area contributed by atoms with E-state index >= 15 is 0 Å². The second-order valence-corrected chi connectivity index (χ2v) is 8.15. The molecule has 11 heteroatoms. The molecule has 1 unspecified atom stereocenters. The van der Waals surface area contributed by atoms with Crippen LogP contribution in [0.15, 0.2) is 42.5 Å². The van der Waals surface area contributed by atoms with Crippen LogP contribution >= 0.6 is 34.8 Å². The normalized spacial score (nSPS) is 13.4. The fraction of sp³-hybridized carbons (Fsp3) is 0.286. The number of allylic oxidation sites excluding steroid dienone is 1. The number of hydrogen-bond acceptors (Lipinski definition) is 1. The summed E-state index contributed by atoms with van der Waals surface area (Å²) in [7, 11) is 1.23. The van der Waals surface area contributed by atoms with Gasteiger partial charge in [-0.15, -0.1) is 0 Å². The largest absolute Gasteiger partial charge is 0.399 e. The van der Waals surface area contributed by atoms with E-state index in [0.717, 1.165) is 23.1 Å². The number of hydrogen-bond donors (Lipinski definition) is 0. The molecule has 2 aromatic rings. The van der Waals surface area contributed by atoms with Crippen LogP contribution in [0.5, 0.6) is 0 Å². The number of alkyl halides is 6. The molecule has 0 spiro atoms. The predicted octanol–water partition coefficient (Wildman–Crippen LogP) is 7.92. The second-order valence-electron chi connectivity index (χ2n) is 6.96. The van der Waals surface area contributed by atoms with Gasteiger partial charge in [-0.2, -0.15) is 26.3 Å². The molecule has 1 atom stereocenters. The van der Waals surface area contributed by atoms with Gasteiger partial charge < -0.3 is 4.90 Å². The van der Waals surface area contributed by atoms with Crippen molar-refractivity contribution in [3.8, 4) is 0 Å². The van der Waals surface area contributed by atoms with Crippen LogP contribution in [0.2, 0.25) is 15.1 Å². The third-order valence-electron chi connectivity index (χ3n) is 4.38. The summed E-state index contributed by atoms with van der Waals surface area (Å²) in [5, 5.41) is -0.257. The number of rotatable bonds is 6. The molecule has 0 aliphatic heterocycles. The van der Waals surface area contributed by atoms with Gasteiger partial charge in [0, 0.05) is 13.6 Å². The highest BCUT2D eigenvalue weighted by Crippen LogP contribution is 2.41.